The molecule has 68 valence electrons. The van der Waals surface area contributed by atoms with E-state index in [1.54, 1.807) is 0 Å². The van der Waals surface area contributed by atoms with Crippen molar-refractivity contribution >= 4 is 22.2 Å². The Morgan fingerprint density at radius 1 is 1.38 bits per heavy atom. The maximum atomic E-state index is 10.7. The molecule has 0 atom stereocenters. The predicted molar refractivity (Wildman–Crippen MR) is 42.4 cm³/mol. The van der Waals surface area contributed by atoms with Crippen LogP contribution in [0.15, 0.2) is 23.1 Å². The highest BCUT2D eigenvalue weighted by molar-refractivity contribution is 7.62. The largest absolute Gasteiger partial charge is 0.360 e. The molecule has 7 nitrogen and oxygen atoms in total. The van der Waals surface area contributed by atoms with Gasteiger partial charge in [0.25, 0.3) is 0 Å². The van der Waals surface area contributed by atoms with Crippen LogP contribution in [-0.4, -0.2) is 24.4 Å². The highest BCUT2D eigenvalue weighted by Gasteiger charge is 1.98. The number of carbonyl (C=O) groups excluding carboxylic acids is 1. The van der Waals surface area contributed by atoms with Crippen molar-refractivity contribution in [3.05, 3.63) is 18.7 Å². The van der Waals surface area contributed by atoms with E-state index in [0.29, 0.717) is 0 Å². The summed E-state index contributed by atoms with van der Waals surface area (Å²) in [4.78, 5) is 17.9. The Morgan fingerprint density at radius 3 is 2.54 bits per heavy atom. The summed E-state index contributed by atoms with van der Waals surface area (Å²) in [7, 11) is -2.75. The van der Waals surface area contributed by atoms with Gasteiger partial charge in [-0.1, -0.05) is 4.36 Å². The average Bonchev–Trinajstić information content (AvgIpc) is 2.04. The van der Waals surface area contributed by atoms with E-state index < -0.39 is 16.5 Å². The van der Waals surface area contributed by atoms with Gasteiger partial charge in [-0.05, 0) is 0 Å². The van der Waals surface area contributed by atoms with E-state index in [-0.39, 0.29) is 5.69 Å². The number of nitrogens with one attached hydrogen (secondary N) is 1. The Bertz CT molecular complexity index is 418. The standard InChI is InChI=1S/C5H4N4O3S/c10-5(9-13(11)12)8-4-1-6-3-7-2-4/h1-3H,(H,8,10). The zero-order valence-electron chi connectivity index (χ0n) is 6.21. The van der Waals surface area contributed by atoms with Crippen molar-refractivity contribution in [3.8, 4) is 0 Å². The monoisotopic (exact) mass is 200 g/mol. The molecule has 0 spiro atoms. The van der Waals surface area contributed by atoms with Crippen LogP contribution in [0.4, 0.5) is 10.5 Å². The van der Waals surface area contributed by atoms with Gasteiger partial charge in [0.15, 0.2) is 0 Å². The number of nitrogens with zero attached hydrogens (tertiary/aromatic N) is 3. The molecule has 1 aromatic rings. The number of amides is 2. The van der Waals surface area contributed by atoms with Gasteiger partial charge in [-0.15, -0.1) is 0 Å². The number of anilines is 1. The fourth-order valence-electron chi connectivity index (χ4n) is 0.578. The molecule has 1 rings (SSSR count). The number of hydrogen-bond acceptors (Lipinski definition) is 5. The first-order valence-electron chi connectivity index (χ1n) is 3.05. The molecule has 1 heterocycles. The second-order valence-corrected chi connectivity index (χ2v) is 2.48. The molecule has 0 bridgehead atoms. The van der Waals surface area contributed by atoms with E-state index in [9.17, 15) is 13.2 Å². The summed E-state index contributed by atoms with van der Waals surface area (Å²) < 4.78 is 22.6. The number of rotatable bonds is 1. The summed E-state index contributed by atoms with van der Waals surface area (Å²) in [5.41, 5.74) is 0.279. The fraction of sp³-hybridized carbons (Fsp3) is 0. The minimum absolute atomic E-state index is 0.279. The van der Waals surface area contributed by atoms with Crippen molar-refractivity contribution in [3.63, 3.8) is 0 Å². The third-order valence-electron chi connectivity index (χ3n) is 0.969. The summed E-state index contributed by atoms with van der Waals surface area (Å²) in [5, 5.41) is 2.15. The second kappa shape index (κ2) is 4.26. The molecule has 1 N–H and O–H groups in total. The molecule has 0 saturated carbocycles. The third-order valence-corrected chi connectivity index (χ3v) is 1.28. The summed E-state index contributed by atoms with van der Waals surface area (Å²) in [6.07, 6.45) is 3.90. The Kier molecular flexibility index (Phi) is 3.03. The van der Waals surface area contributed by atoms with Gasteiger partial charge in [0, 0.05) is 0 Å². The molecule has 1 aromatic heterocycles. The SMILES string of the molecule is O=C(N=S(=O)=O)Nc1cncnc1. The van der Waals surface area contributed by atoms with Crippen molar-refractivity contribution in [2.45, 2.75) is 0 Å². The number of hydrogen-bond donors (Lipinski definition) is 1. The lowest BCUT2D eigenvalue weighted by molar-refractivity contribution is 0.260. The smallest absolute Gasteiger partial charge is 0.302 e. The van der Waals surface area contributed by atoms with Crippen LogP contribution in [0.25, 0.3) is 0 Å². The lowest BCUT2D eigenvalue weighted by Gasteiger charge is -1.95. The van der Waals surface area contributed by atoms with E-state index in [1.165, 1.54) is 18.7 Å². The van der Waals surface area contributed by atoms with Crippen LogP contribution >= 0.6 is 0 Å². The highest BCUT2D eigenvalue weighted by atomic mass is 32.2. The van der Waals surface area contributed by atoms with Gasteiger partial charge in [0.1, 0.15) is 6.33 Å². The van der Waals surface area contributed by atoms with E-state index in [1.807, 2.05) is 0 Å². The van der Waals surface area contributed by atoms with Crippen LogP contribution in [0.5, 0.6) is 0 Å². The molecule has 0 saturated heterocycles. The molecule has 13 heavy (non-hydrogen) atoms. The number of urea groups is 1. The van der Waals surface area contributed by atoms with Gasteiger partial charge in [-0.25, -0.2) is 14.8 Å². The first kappa shape index (κ1) is 9.26. The van der Waals surface area contributed by atoms with E-state index in [0.717, 1.165) is 0 Å². The van der Waals surface area contributed by atoms with Crippen LogP contribution in [0, 0.1) is 0 Å². The van der Waals surface area contributed by atoms with Crippen molar-refractivity contribution in [2.75, 3.05) is 5.32 Å². The van der Waals surface area contributed by atoms with E-state index in [2.05, 4.69) is 19.6 Å². The van der Waals surface area contributed by atoms with Gasteiger partial charge in [0.05, 0.1) is 18.1 Å². The Morgan fingerprint density at radius 2 is 2.00 bits per heavy atom. The molecule has 0 aliphatic rings. The minimum atomic E-state index is -2.75. The summed E-state index contributed by atoms with van der Waals surface area (Å²) in [6, 6.07) is -0.983. The van der Waals surface area contributed by atoms with Crippen LogP contribution in [0.3, 0.4) is 0 Å². The quantitative estimate of drug-likeness (QED) is 0.691. The number of carbonyl (C=O) groups is 1. The highest BCUT2D eigenvalue weighted by Crippen LogP contribution is 2.00. The molecular weight excluding hydrogens is 196 g/mol. The maximum absolute atomic E-state index is 10.7. The second-order valence-electron chi connectivity index (χ2n) is 1.87. The topological polar surface area (TPSA) is 101 Å². The minimum Gasteiger partial charge on any atom is -0.302 e. The van der Waals surface area contributed by atoms with Gasteiger partial charge < -0.3 is 5.32 Å². The zero-order chi connectivity index (χ0) is 9.68. The van der Waals surface area contributed by atoms with Crippen LogP contribution in [0.2, 0.25) is 0 Å². The lowest BCUT2D eigenvalue weighted by Crippen LogP contribution is -2.06. The van der Waals surface area contributed by atoms with Crippen molar-refractivity contribution in [1.29, 1.82) is 0 Å². The maximum Gasteiger partial charge on any atom is 0.360 e. The molecule has 0 aliphatic carbocycles. The van der Waals surface area contributed by atoms with Crippen molar-refractivity contribution in [2.24, 2.45) is 4.36 Å². The molecule has 8 heteroatoms. The fourth-order valence-corrected chi connectivity index (χ4v) is 0.759. The molecule has 0 radical (unpaired) electrons. The van der Waals surface area contributed by atoms with Crippen LogP contribution in [-0.2, 0) is 10.5 Å². The van der Waals surface area contributed by atoms with Gasteiger partial charge in [0.2, 0.25) is 0 Å². The van der Waals surface area contributed by atoms with Crippen molar-refractivity contribution < 1.29 is 13.2 Å². The molecule has 0 fully saturated rings. The van der Waals surface area contributed by atoms with Gasteiger partial charge in [-0.3, -0.25) is 0 Å². The van der Waals surface area contributed by atoms with E-state index >= 15 is 0 Å². The predicted octanol–water partition coefficient (Wildman–Crippen LogP) is 0.0712. The summed E-state index contributed by atoms with van der Waals surface area (Å²) in [5.74, 6) is 0. The molecule has 0 unspecified atom stereocenters. The first-order valence-corrected chi connectivity index (χ1v) is 4.09. The zero-order valence-corrected chi connectivity index (χ0v) is 7.02. The summed E-state index contributed by atoms with van der Waals surface area (Å²) >= 11 is 0. The van der Waals surface area contributed by atoms with Crippen LogP contribution in [0.1, 0.15) is 0 Å². The normalized spacial score (nSPS) is 8.92. The first-order chi connectivity index (χ1) is 6.18. The third kappa shape index (κ3) is 3.38. The molecular formula is C5H4N4O3S. The lowest BCUT2D eigenvalue weighted by atomic mass is 10.5. The molecule has 0 aromatic carbocycles. The van der Waals surface area contributed by atoms with Gasteiger partial charge in [-0.2, -0.15) is 8.42 Å². The van der Waals surface area contributed by atoms with Crippen LogP contribution < -0.4 is 5.32 Å². The Labute approximate surface area is 74.5 Å². The summed E-state index contributed by atoms with van der Waals surface area (Å²) in [6.45, 7) is 0. The average molecular weight is 200 g/mol. The molecule has 0 aliphatic heterocycles. The van der Waals surface area contributed by atoms with Crippen molar-refractivity contribution in [1.82, 2.24) is 9.97 Å². The van der Waals surface area contributed by atoms with Gasteiger partial charge >= 0.3 is 16.5 Å². The Balaban J connectivity index is 2.72. The number of aromatic nitrogens is 2. The Hall–Kier alpha value is -1.83. The van der Waals surface area contributed by atoms with E-state index in [4.69, 9.17) is 0 Å². The molecule has 2 amide bonds.